The summed E-state index contributed by atoms with van der Waals surface area (Å²) in [5.41, 5.74) is 3.79. The summed E-state index contributed by atoms with van der Waals surface area (Å²) < 4.78 is 5.36. The van der Waals surface area contributed by atoms with Crippen molar-refractivity contribution in [1.29, 1.82) is 0 Å². The molecule has 2 aliphatic rings. The third-order valence-electron chi connectivity index (χ3n) is 6.25. The number of carbonyl (C=O) groups is 1. The van der Waals surface area contributed by atoms with E-state index in [4.69, 9.17) is 4.74 Å². The Morgan fingerprint density at radius 2 is 1.83 bits per heavy atom. The average Bonchev–Trinajstić information content (AvgIpc) is 2.90. The molecule has 3 heterocycles. The molecule has 0 bridgehead atoms. The molecule has 0 atom stereocenters. The first-order valence-corrected chi connectivity index (χ1v) is 12.1. The van der Waals surface area contributed by atoms with E-state index in [1.807, 2.05) is 68.0 Å². The average molecular weight is 475 g/mol. The number of hydrogen-bond acceptors (Lipinski definition) is 7. The predicted octanol–water partition coefficient (Wildman–Crippen LogP) is 2.52. The number of aromatic nitrogens is 1. The van der Waals surface area contributed by atoms with Crippen LogP contribution in [0.25, 0.3) is 5.57 Å². The minimum absolute atomic E-state index is 0.0507. The highest BCUT2D eigenvalue weighted by molar-refractivity contribution is 5.94. The molecule has 2 aromatic rings. The summed E-state index contributed by atoms with van der Waals surface area (Å²) in [6.45, 7) is 7.68. The summed E-state index contributed by atoms with van der Waals surface area (Å²) in [5, 5.41) is 6.50. The van der Waals surface area contributed by atoms with Crippen LogP contribution in [0.3, 0.4) is 0 Å². The van der Waals surface area contributed by atoms with Crippen molar-refractivity contribution in [3.8, 4) is 0 Å². The van der Waals surface area contributed by atoms with Crippen LogP contribution >= 0.6 is 0 Å². The van der Waals surface area contributed by atoms with Crippen molar-refractivity contribution in [3.05, 3.63) is 83.2 Å². The van der Waals surface area contributed by atoms with Crippen molar-refractivity contribution in [3.63, 3.8) is 0 Å². The number of benzene rings is 1. The Balaban J connectivity index is 1.31. The smallest absolute Gasteiger partial charge is 0.251 e. The number of rotatable bonds is 9. The lowest BCUT2D eigenvalue weighted by atomic mass is 10.0. The molecule has 184 valence electrons. The monoisotopic (exact) mass is 474 g/mol. The zero-order valence-electron chi connectivity index (χ0n) is 20.5. The lowest BCUT2D eigenvalue weighted by Crippen LogP contribution is -2.41. The fourth-order valence-corrected chi connectivity index (χ4v) is 4.14. The number of ether oxygens (including phenoxy) is 1. The van der Waals surface area contributed by atoms with E-state index in [-0.39, 0.29) is 5.91 Å². The normalized spacial score (nSPS) is 17.7. The minimum Gasteiger partial charge on any atom is -0.379 e. The Morgan fingerprint density at radius 3 is 2.57 bits per heavy atom. The van der Waals surface area contributed by atoms with Gasteiger partial charge >= 0.3 is 0 Å². The SMILES string of the molecule is C/C(=C1/N=CC=C(NCCc2ccccn2)N1C)c1ccc(C(=O)NCCN2CCOCC2)cc1. The first-order chi connectivity index (χ1) is 17.1. The van der Waals surface area contributed by atoms with Gasteiger partial charge in [-0.1, -0.05) is 18.2 Å². The van der Waals surface area contributed by atoms with Gasteiger partial charge in [0.25, 0.3) is 5.91 Å². The third-order valence-corrected chi connectivity index (χ3v) is 6.25. The number of carbonyl (C=O) groups excluding carboxylic acids is 1. The number of pyridine rings is 1. The van der Waals surface area contributed by atoms with Crippen molar-refractivity contribution >= 4 is 17.7 Å². The molecule has 1 fully saturated rings. The second-order valence-corrected chi connectivity index (χ2v) is 8.62. The van der Waals surface area contributed by atoms with Crippen LogP contribution in [0, 0.1) is 0 Å². The molecule has 0 unspecified atom stereocenters. The maximum absolute atomic E-state index is 12.5. The zero-order chi connectivity index (χ0) is 24.5. The molecular formula is C27H34N6O2. The molecule has 1 aromatic heterocycles. The van der Waals surface area contributed by atoms with Gasteiger partial charge in [0.1, 0.15) is 11.6 Å². The van der Waals surface area contributed by atoms with E-state index in [0.29, 0.717) is 12.1 Å². The summed E-state index contributed by atoms with van der Waals surface area (Å²) in [6.07, 6.45) is 6.45. The predicted molar refractivity (Wildman–Crippen MR) is 139 cm³/mol. The molecule has 0 saturated carbocycles. The molecule has 35 heavy (non-hydrogen) atoms. The van der Waals surface area contributed by atoms with Crippen molar-refractivity contribution in [2.24, 2.45) is 4.99 Å². The van der Waals surface area contributed by atoms with Gasteiger partial charge in [-0.2, -0.15) is 0 Å². The van der Waals surface area contributed by atoms with Gasteiger partial charge in [-0.25, -0.2) is 4.99 Å². The molecule has 8 nitrogen and oxygen atoms in total. The maximum Gasteiger partial charge on any atom is 0.251 e. The molecule has 0 spiro atoms. The molecule has 1 saturated heterocycles. The lowest BCUT2D eigenvalue weighted by Gasteiger charge is -2.28. The Morgan fingerprint density at radius 1 is 1.06 bits per heavy atom. The molecule has 1 amide bonds. The Hall–Kier alpha value is -3.49. The van der Waals surface area contributed by atoms with Crippen LogP contribution in [0.15, 0.2) is 71.4 Å². The van der Waals surface area contributed by atoms with Crippen LogP contribution in [0.5, 0.6) is 0 Å². The number of nitrogens with one attached hydrogen (secondary N) is 2. The number of hydrogen-bond donors (Lipinski definition) is 2. The zero-order valence-corrected chi connectivity index (χ0v) is 20.5. The Bertz CT molecular complexity index is 1070. The summed E-state index contributed by atoms with van der Waals surface area (Å²) in [4.78, 5) is 25.9. The fraction of sp³-hybridized carbons (Fsp3) is 0.370. The summed E-state index contributed by atoms with van der Waals surface area (Å²) in [7, 11) is 2.01. The van der Waals surface area contributed by atoms with E-state index >= 15 is 0 Å². The van der Waals surface area contributed by atoms with Crippen molar-refractivity contribution < 1.29 is 9.53 Å². The van der Waals surface area contributed by atoms with E-state index in [0.717, 1.165) is 74.3 Å². The third kappa shape index (κ3) is 6.77. The number of morpholine rings is 1. The van der Waals surface area contributed by atoms with Crippen molar-refractivity contribution in [2.75, 3.05) is 53.0 Å². The van der Waals surface area contributed by atoms with Crippen molar-refractivity contribution in [2.45, 2.75) is 13.3 Å². The molecule has 2 aliphatic heterocycles. The number of nitrogens with zero attached hydrogens (tertiary/aromatic N) is 4. The van der Waals surface area contributed by atoms with E-state index in [1.54, 1.807) is 0 Å². The molecule has 0 radical (unpaired) electrons. The molecule has 4 rings (SSSR count). The van der Waals surface area contributed by atoms with Gasteiger partial charge < -0.3 is 20.3 Å². The van der Waals surface area contributed by atoms with Gasteiger partial charge in [-0.3, -0.25) is 14.7 Å². The first-order valence-electron chi connectivity index (χ1n) is 12.1. The number of allylic oxidation sites excluding steroid dienone is 2. The van der Waals surface area contributed by atoms with Gasteiger partial charge in [0.05, 0.1) is 13.2 Å². The maximum atomic E-state index is 12.5. The second kappa shape index (κ2) is 12.3. The van der Waals surface area contributed by atoms with E-state index in [1.165, 1.54) is 0 Å². The van der Waals surface area contributed by atoms with Gasteiger partial charge in [-0.05, 0) is 48.4 Å². The van der Waals surface area contributed by atoms with Gasteiger partial charge in [0, 0.05) is 69.9 Å². The van der Waals surface area contributed by atoms with E-state index in [9.17, 15) is 4.79 Å². The topological polar surface area (TPSA) is 82.1 Å². The van der Waals surface area contributed by atoms with Crippen LogP contribution in [0.4, 0.5) is 0 Å². The lowest BCUT2D eigenvalue weighted by molar-refractivity contribution is 0.0383. The summed E-state index contributed by atoms with van der Waals surface area (Å²) in [6, 6.07) is 13.7. The highest BCUT2D eigenvalue weighted by Crippen LogP contribution is 2.25. The van der Waals surface area contributed by atoms with Gasteiger partial charge in [-0.15, -0.1) is 0 Å². The molecular weight excluding hydrogens is 440 g/mol. The Kier molecular flexibility index (Phi) is 8.64. The molecule has 0 aliphatic carbocycles. The van der Waals surface area contributed by atoms with Crippen molar-refractivity contribution in [1.82, 2.24) is 25.4 Å². The largest absolute Gasteiger partial charge is 0.379 e. The quantitative estimate of drug-likeness (QED) is 0.581. The van der Waals surface area contributed by atoms with Gasteiger partial charge in [0.15, 0.2) is 0 Å². The van der Waals surface area contributed by atoms with Crippen LogP contribution in [0.2, 0.25) is 0 Å². The highest BCUT2D eigenvalue weighted by atomic mass is 16.5. The van der Waals surface area contributed by atoms with Gasteiger partial charge in [0.2, 0.25) is 0 Å². The fourth-order valence-electron chi connectivity index (χ4n) is 4.14. The standard InChI is InChI=1S/C27H34N6O2/c1-21(26-30-14-11-25(32(26)2)29-13-10-24-5-3-4-12-28-24)22-6-8-23(9-7-22)27(34)31-15-16-33-17-19-35-20-18-33/h3-9,11-12,14,29H,10,13,15-20H2,1-2H3,(H,31,34)/b26-21+. The number of amides is 1. The molecule has 1 aromatic carbocycles. The minimum atomic E-state index is -0.0507. The number of aliphatic imine (C=N–C) groups is 1. The highest BCUT2D eigenvalue weighted by Gasteiger charge is 2.16. The first kappa shape index (κ1) is 24.6. The van der Waals surface area contributed by atoms with Crippen LogP contribution in [-0.4, -0.2) is 79.9 Å². The van der Waals surface area contributed by atoms with E-state index < -0.39 is 0 Å². The summed E-state index contributed by atoms with van der Waals surface area (Å²) in [5.74, 6) is 1.81. The molecule has 2 N–H and O–H groups in total. The second-order valence-electron chi connectivity index (χ2n) is 8.62. The Labute approximate surface area is 207 Å². The van der Waals surface area contributed by atoms with Crippen LogP contribution in [0.1, 0.15) is 28.5 Å². The summed E-state index contributed by atoms with van der Waals surface area (Å²) >= 11 is 0. The van der Waals surface area contributed by atoms with Crippen LogP contribution in [-0.2, 0) is 11.2 Å². The van der Waals surface area contributed by atoms with Crippen LogP contribution < -0.4 is 10.6 Å². The van der Waals surface area contributed by atoms with E-state index in [2.05, 4.69) is 37.3 Å². The molecule has 8 heteroatoms.